The first-order valence-corrected chi connectivity index (χ1v) is 9.10. The Balaban J connectivity index is 1.53. The van der Waals surface area contributed by atoms with Gasteiger partial charge in [0.2, 0.25) is 5.78 Å². The van der Waals surface area contributed by atoms with Gasteiger partial charge in [0.1, 0.15) is 23.9 Å². The Morgan fingerprint density at radius 2 is 1.89 bits per heavy atom. The number of rotatable bonds is 5. The van der Waals surface area contributed by atoms with Gasteiger partial charge in [-0.2, -0.15) is 0 Å². The Morgan fingerprint density at radius 1 is 1.04 bits per heavy atom. The number of benzene rings is 3. The number of allylic oxidation sites excluding steroid dienone is 1. The minimum Gasteiger partial charge on any atom is -0.496 e. The molecule has 1 heterocycles. The predicted octanol–water partition coefficient (Wildman–Crippen LogP) is 5.54. The van der Waals surface area contributed by atoms with E-state index in [9.17, 15) is 4.79 Å². The normalized spacial score (nSPS) is 13.9. The average molecular weight is 393 g/mol. The van der Waals surface area contributed by atoms with Crippen molar-refractivity contribution in [1.29, 1.82) is 0 Å². The van der Waals surface area contributed by atoms with Gasteiger partial charge < -0.3 is 14.2 Å². The van der Waals surface area contributed by atoms with Crippen LogP contribution in [0.1, 0.15) is 21.5 Å². The highest BCUT2D eigenvalue weighted by Crippen LogP contribution is 2.36. The number of para-hydroxylation sites is 1. The van der Waals surface area contributed by atoms with Crippen LogP contribution < -0.4 is 14.2 Å². The van der Waals surface area contributed by atoms with Crippen molar-refractivity contribution in [2.24, 2.45) is 0 Å². The number of carbonyl (C=O) groups is 1. The van der Waals surface area contributed by atoms with Crippen LogP contribution in [-0.4, -0.2) is 12.9 Å². The molecule has 0 unspecified atom stereocenters. The van der Waals surface area contributed by atoms with Crippen molar-refractivity contribution < 1.29 is 19.0 Å². The van der Waals surface area contributed by atoms with E-state index in [-0.39, 0.29) is 11.5 Å². The number of ketones is 1. The minimum absolute atomic E-state index is 0.165. The van der Waals surface area contributed by atoms with Crippen molar-refractivity contribution in [2.75, 3.05) is 7.11 Å². The third-order valence-corrected chi connectivity index (χ3v) is 4.60. The van der Waals surface area contributed by atoms with E-state index in [1.165, 1.54) is 0 Å². The summed E-state index contributed by atoms with van der Waals surface area (Å²) in [5, 5.41) is 0.662. The molecule has 0 N–H and O–H groups in total. The van der Waals surface area contributed by atoms with E-state index in [0.717, 1.165) is 11.1 Å². The van der Waals surface area contributed by atoms with E-state index in [1.807, 2.05) is 48.5 Å². The smallest absolute Gasteiger partial charge is 0.231 e. The van der Waals surface area contributed by atoms with E-state index >= 15 is 0 Å². The molecule has 28 heavy (non-hydrogen) atoms. The van der Waals surface area contributed by atoms with Gasteiger partial charge in [-0.15, -0.1) is 0 Å². The molecule has 0 atom stereocenters. The van der Waals surface area contributed by atoms with E-state index in [1.54, 1.807) is 31.4 Å². The molecule has 0 amide bonds. The number of carbonyl (C=O) groups excluding carboxylic acids is 1. The van der Waals surface area contributed by atoms with Gasteiger partial charge in [0.25, 0.3) is 0 Å². The Bertz CT molecular complexity index is 1070. The van der Waals surface area contributed by atoms with Crippen LogP contribution in [0, 0.1) is 0 Å². The minimum atomic E-state index is -0.165. The predicted molar refractivity (Wildman–Crippen MR) is 108 cm³/mol. The van der Waals surface area contributed by atoms with Gasteiger partial charge in [-0.3, -0.25) is 4.79 Å². The van der Waals surface area contributed by atoms with Crippen LogP contribution in [0.3, 0.4) is 0 Å². The molecule has 0 saturated carbocycles. The fourth-order valence-electron chi connectivity index (χ4n) is 2.98. The second-order valence-corrected chi connectivity index (χ2v) is 6.69. The summed E-state index contributed by atoms with van der Waals surface area (Å²) in [5.74, 6) is 1.86. The lowest BCUT2D eigenvalue weighted by Gasteiger charge is -2.07. The van der Waals surface area contributed by atoms with Crippen molar-refractivity contribution >= 4 is 23.5 Å². The van der Waals surface area contributed by atoms with Crippen molar-refractivity contribution in [3.8, 4) is 17.2 Å². The summed E-state index contributed by atoms with van der Waals surface area (Å²) >= 11 is 6.00. The Labute approximate surface area is 167 Å². The van der Waals surface area contributed by atoms with Gasteiger partial charge in [0, 0.05) is 16.7 Å². The van der Waals surface area contributed by atoms with Gasteiger partial charge >= 0.3 is 0 Å². The number of hydrogen-bond donors (Lipinski definition) is 0. The Morgan fingerprint density at radius 3 is 2.71 bits per heavy atom. The van der Waals surface area contributed by atoms with E-state index in [2.05, 4.69) is 0 Å². The summed E-state index contributed by atoms with van der Waals surface area (Å²) in [6, 6.07) is 20.1. The highest BCUT2D eigenvalue weighted by Gasteiger charge is 2.28. The van der Waals surface area contributed by atoms with Crippen LogP contribution in [0.15, 0.2) is 72.5 Å². The first-order valence-electron chi connectivity index (χ1n) is 8.72. The number of hydrogen-bond acceptors (Lipinski definition) is 4. The molecular formula is C23H17ClO4. The zero-order valence-corrected chi connectivity index (χ0v) is 15.9. The summed E-state index contributed by atoms with van der Waals surface area (Å²) in [7, 11) is 1.59. The fourth-order valence-corrected chi connectivity index (χ4v) is 3.19. The molecule has 4 rings (SSSR count). The number of halogens is 1. The van der Waals surface area contributed by atoms with E-state index in [4.69, 9.17) is 25.8 Å². The summed E-state index contributed by atoms with van der Waals surface area (Å²) < 4.78 is 16.9. The zero-order chi connectivity index (χ0) is 19.5. The molecule has 3 aromatic rings. The third kappa shape index (κ3) is 3.73. The number of Topliss-reactive ketones (excluding diaryl/α,β-unsaturated/α-hetero) is 1. The molecule has 4 nitrogen and oxygen atoms in total. The summed E-state index contributed by atoms with van der Waals surface area (Å²) in [4.78, 5) is 12.6. The van der Waals surface area contributed by atoms with Gasteiger partial charge in [-0.1, -0.05) is 41.9 Å². The molecule has 3 aromatic carbocycles. The lowest BCUT2D eigenvalue weighted by molar-refractivity contribution is 0.101. The highest BCUT2D eigenvalue weighted by molar-refractivity contribution is 6.30. The SMILES string of the molecule is COc1ccccc1C=C1Oc2cc(OCc3cccc(Cl)c3)ccc2C1=O. The average Bonchev–Trinajstić information content (AvgIpc) is 3.02. The van der Waals surface area contributed by atoms with Crippen LogP contribution in [0.4, 0.5) is 0 Å². The lowest BCUT2D eigenvalue weighted by Crippen LogP contribution is -1.98. The topological polar surface area (TPSA) is 44.8 Å². The Hall–Kier alpha value is -3.24. The molecule has 1 aliphatic rings. The highest BCUT2D eigenvalue weighted by atomic mass is 35.5. The van der Waals surface area contributed by atoms with Crippen LogP contribution in [-0.2, 0) is 6.61 Å². The molecule has 0 radical (unpaired) electrons. The largest absolute Gasteiger partial charge is 0.496 e. The van der Waals surface area contributed by atoms with Crippen molar-refractivity contribution in [3.05, 3.63) is 94.2 Å². The van der Waals surface area contributed by atoms with Crippen LogP contribution >= 0.6 is 11.6 Å². The maximum Gasteiger partial charge on any atom is 0.231 e. The van der Waals surface area contributed by atoms with E-state index in [0.29, 0.717) is 34.4 Å². The maximum absolute atomic E-state index is 12.6. The zero-order valence-electron chi connectivity index (χ0n) is 15.1. The van der Waals surface area contributed by atoms with Crippen molar-refractivity contribution in [3.63, 3.8) is 0 Å². The molecule has 0 saturated heterocycles. The molecule has 0 spiro atoms. The van der Waals surface area contributed by atoms with Crippen LogP contribution in [0.2, 0.25) is 5.02 Å². The molecule has 0 fully saturated rings. The van der Waals surface area contributed by atoms with Gasteiger partial charge in [0.05, 0.1) is 12.7 Å². The first-order chi connectivity index (χ1) is 13.6. The number of methoxy groups -OCH3 is 1. The maximum atomic E-state index is 12.6. The van der Waals surface area contributed by atoms with Gasteiger partial charge in [0.15, 0.2) is 5.76 Å². The standard InChI is InChI=1S/C23H17ClO4/c1-26-20-8-3-2-6-16(20)12-22-23(25)19-10-9-18(13-21(19)28-22)27-14-15-5-4-7-17(24)11-15/h2-13H,14H2,1H3. The number of ether oxygens (including phenoxy) is 3. The third-order valence-electron chi connectivity index (χ3n) is 4.36. The quantitative estimate of drug-likeness (QED) is 0.534. The van der Waals surface area contributed by atoms with Crippen LogP contribution in [0.5, 0.6) is 17.2 Å². The number of fused-ring (bicyclic) bond motifs is 1. The molecule has 140 valence electrons. The summed E-state index contributed by atoms with van der Waals surface area (Å²) in [6.45, 7) is 0.372. The molecule has 0 aliphatic carbocycles. The van der Waals surface area contributed by atoms with E-state index < -0.39 is 0 Å². The molecule has 1 aliphatic heterocycles. The Kier molecular flexibility index (Phi) is 5.04. The second kappa shape index (κ2) is 7.79. The summed E-state index contributed by atoms with van der Waals surface area (Å²) in [6.07, 6.45) is 1.69. The first kappa shape index (κ1) is 18.1. The molecular weight excluding hydrogens is 376 g/mol. The molecule has 0 aromatic heterocycles. The fraction of sp³-hybridized carbons (Fsp3) is 0.0870. The molecule has 5 heteroatoms. The summed E-state index contributed by atoms with van der Waals surface area (Å²) in [5.41, 5.74) is 2.25. The molecule has 0 bridgehead atoms. The van der Waals surface area contributed by atoms with Crippen LogP contribution in [0.25, 0.3) is 6.08 Å². The van der Waals surface area contributed by atoms with Gasteiger partial charge in [-0.25, -0.2) is 0 Å². The monoisotopic (exact) mass is 392 g/mol. The van der Waals surface area contributed by atoms with Crippen molar-refractivity contribution in [2.45, 2.75) is 6.61 Å². The second-order valence-electron chi connectivity index (χ2n) is 6.26. The van der Waals surface area contributed by atoms with Gasteiger partial charge in [-0.05, 0) is 42.0 Å². The lowest BCUT2D eigenvalue weighted by atomic mass is 10.1. The van der Waals surface area contributed by atoms with Crippen molar-refractivity contribution in [1.82, 2.24) is 0 Å².